The summed E-state index contributed by atoms with van der Waals surface area (Å²) < 4.78 is 72.1. The highest BCUT2D eigenvalue weighted by atomic mass is 19.2. The zero-order valence-electron chi connectivity index (χ0n) is 12.9. The van der Waals surface area contributed by atoms with Crippen LogP contribution in [-0.2, 0) is 0 Å². The van der Waals surface area contributed by atoms with E-state index in [-0.39, 0.29) is 5.75 Å². The van der Waals surface area contributed by atoms with Crippen LogP contribution in [0.2, 0.25) is 0 Å². The van der Waals surface area contributed by atoms with E-state index >= 15 is 0 Å². The van der Waals surface area contributed by atoms with Crippen LogP contribution in [0, 0.1) is 29.1 Å². The van der Waals surface area contributed by atoms with Crippen molar-refractivity contribution in [2.24, 2.45) is 0 Å². The lowest BCUT2D eigenvalue weighted by molar-refractivity contribution is 0.0721. The first-order valence-electron chi connectivity index (χ1n) is 7.30. The van der Waals surface area contributed by atoms with Crippen LogP contribution in [0.15, 0.2) is 54.6 Å². The maximum absolute atomic E-state index is 13.8. The fourth-order valence-electron chi connectivity index (χ4n) is 2.35. The molecule has 26 heavy (non-hydrogen) atoms. The van der Waals surface area contributed by atoms with Gasteiger partial charge in [0.05, 0.1) is 0 Å². The zero-order chi connectivity index (χ0) is 18.8. The smallest absolute Gasteiger partial charge is 0.349 e. The summed E-state index contributed by atoms with van der Waals surface area (Å²) in [5, 5.41) is 0. The van der Waals surface area contributed by atoms with Crippen molar-refractivity contribution in [3.8, 4) is 16.9 Å². The van der Waals surface area contributed by atoms with E-state index in [1.54, 1.807) is 42.5 Å². The first-order chi connectivity index (χ1) is 12.4. The Labute approximate surface area is 144 Å². The number of carbonyl (C=O) groups excluding carboxylic acids is 1. The molecule has 0 amide bonds. The first-order valence-corrected chi connectivity index (χ1v) is 7.30. The standard InChI is InChI=1S/C19H9F5O2/c20-14-13(15(21)17(23)18(24)16(14)22)19(25)26-12-9-5-4-8-11(12)10-6-2-1-3-7-10/h1-9H. The number of ether oxygens (including phenoxy) is 1. The van der Waals surface area contributed by atoms with Crippen LogP contribution in [0.25, 0.3) is 11.1 Å². The molecule has 3 aromatic carbocycles. The van der Waals surface area contributed by atoms with E-state index in [0.717, 1.165) is 0 Å². The van der Waals surface area contributed by atoms with E-state index < -0.39 is 40.6 Å². The zero-order valence-corrected chi connectivity index (χ0v) is 12.9. The lowest BCUT2D eigenvalue weighted by atomic mass is 10.0. The highest BCUT2D eigenvalue weighted by Crippen LogP contribution is 2.31. The molecule has 3 aromatic rings. The second kappa shape index (κ2) is 6.95. The van der Waals surface area contributed by atoms with Crippen LogP contribution in [0.1, 0.15) is 10.4 Å². The normalized spacial score (nSPS) is 10.7. The van der Waals surface area contributed by atoms with Gasteiger partial charge in [0.2, 0.25) is 5.82 Å². The van der Waals surface area contributed by atoms with Gasteiger partial charge in [0.25, 0.3) is 0 Å². The first kappa shape index (κ1) is 17.6. The predicted molar refractivity (Wildman–Crippen MR) is 83.1 cm³/mol. The Morgan fingerprint density at radius 1 is 0.654 bits per heavy atom. The average Bonchev–Trinajstić information content (AvgIpc) is 2.66. The van der Waals surface area contributed by atoms with Crippen molar-refractivity contribution < 1.29 is 31.5 Å². The van der Waals surface area contributed by atoms with Crippen LogP contribution in [0.4, 0.5) is 22.0 Å². The Morgan fingerprint density at radius 3 is 1.77 bits per heavy atom. The van der Waals surface area contributed by atoms with Gasteiger partial charge in [0.1, 0.15) is 11.3 Å². The third-order valence-electron chi connectivity index (χ3n) is 3.59. The minimum Gasteiger partial charge on any atom is -0.422 e. The van der Waals surface area contributed by atoms with E-state index in [1.807, 2.05) is 0 Å². The Morgan fingerprint density at radius 2 is 1.15 bits per heavy atom. The van der Waals surface area contributed by atoms with Crippen molar-refractivity contribution in [1.29, 1.82) is 0 Å². The van der Waals surface area contributed by atoms with Crippen LogP contribution in [0.3, 0.4) is 0 Å². The fraction of sp³-hybridized carbons (Fsp3) is 0. The molecule has 7 heteroatoms. The molecular formula is C19H9F5O2. The topological polar surface area (TPSA) is 26.3 Å². The van der Waals surface area contributed by atoms with Gasteiger partial charge in [-0.1, -0.05) is 48.5 Å². The quantitative estimate of drug-likeness (QED) is 0.208. The maximum atomic E-state index is 13.8. The molecule has 0 aromatic heterocycles. The highest BCUT2D eigenvalue weighted by Gasteiger charge is 2.31. The van der Waals surface area contributed by atoms with Gasteiger partial charge in [0.15, 0.2) is 23.3 Å². The number of rotatable bonds is 3. The average molecular weight is 364 g/mol. The van der Waals surface area contributed by atoms with Crippen molar-refractivity contribution in [2.45, 2.75) is 0 Å². The van der Waals surface area contributed by atoms with Crippen molar-refractivity contribution in [2.75, 3.05) is 0 Å². The molecule has 0 saturated carbocycles. The van der Waals surface area contributed by atoms with Crippen molar-refractivity contribution in [3.63, 3.8) is 0 Å². The molecule has 0 unspecified atom stereocenters. The molecule has 0 fully saturated rings. The van der Waals surface area contributed by atoms with Gasteiger partial charge >= 0.3 is 5.97 Å². The highest BCUT2D eigenvalue weighted by molar-refractivity contribution is 5.92. The summed E-state index contributed by atoms with van der Waals surface area (Å²) in [6, 6.07) is 14.6. The molecule has 0 heterocycles. The molecule has 0 aliphatic rings. The van der Waals surface area contributed by atoms with Crippen molar-refractivity contribution in [1.82, 2.24) is 0 Å². The summed E-state index contributed by atoms with van der Waals surface area (Å²) in [5.74, 6) is -13.1. The third kappa shape index (κ3) is 3.03. The Balaban J connectivity index is 2.04. The molecule has 0 spiro atoms. The van der Waals surface area contributed by atoms with Gasteiger partial charge in [0, 0.05) is 5.56 Å². The van der Waals surface area contributed by atoms with E-state index in [0.29, 0.717) is 11.1 Å². The lowest BCUT2D eigenvalue weighted by Gasteiger charge is -2.12. The summed E-state index contributed by atoms with van der Waals surface area (Å²) in [4.78, 5) is 12.1. The molecule has 0 atom stereocenters. The summed E-state index contributed by atoms with van der Waals surface area (Å²) >= 11 is 0. The molecule has 0 aliphatic heterocycles. The summed E-state index contributed by atoms with van der Waals surface area (Å²) in [6.45, 7) is 0. The summed E-state index contributed by atoms with van der Waals surface area (Å²) in [5.41, 5.74) is -0.608. The van der Waals surface area contributed by atoms with Crippen molar-refractivity contribution in [3.05, 3.63) is 89.2 Å². The minimum absolute atomic E-state index is 0.0901. The largest absolute Gasteiger partial charge is 0.422 e. The summed E-state index contributed by atoms with van der Waals surface area (Å²) in [7, 11) is 0. The number of hydrogen-bond acceptors (Lipinski definition) is 2. The number of halogens is 5. The van der Waals surface area contributed by atoms with Gasteiger partial charge < -0.3 is 4.74 Å². The molecular weight excluding hydrogens is 355 g/mol. The number of hydrogen-bond donors (Lipinski definition) is 0. The van der Waals surface area contributed by atoms with Crippen LogP contribution >= 0.6 is 0 Å². The van der Waals surface area contributed by atoms with E-state index in [4.69, 9.17) is 4.74 Å². The molecule has 0 aliphatic carbocycles. The Hall–Kier alpha value is -3.22. The molecule has 0 bridgehead atoms. The second-order valence-electron chi connectivity index (χ2n) is 5.20. The van der Waals surface area contributed by atoms with Crippen LogP contribution in [0.5, 0.6) is 5.75 Å². The molecule has 0 saturated heterocycles. The van der Waals surface area contributed by atoms with Gasteiger partial charge in [-0.05, 0) is 11.6 Å². The van der Waals surface area contributed by atoms with Crippen LogP contribution in [-0.4, -0.2) is 5.97 Å². The summed E-state index contributed by atoms with van der Waals surface area (Å²) in [6.07, 6.45) is 0. The van der Waals surface area contributed by atoms with E-state index in [1.165, 1.54) is 12.1 Å². The second-order valence-corrected chi connectivity index (χ2v) is 5.20. The monoisotopic (exact) mass is 364 g/mol. The number of benzene rings is 3. The van der Waals surface area contributed by atoms with Gasteiger partial charge in [-0.25, -0.2) is 26.7 Å². The Kier molecular flexibility index (Phi) is 4.71. The van der Waals surface area contributed by atoms with Gasteiger partial charge in [-0.15, -0.1) is 0 Å². The number of esters is 1. The fourth-order valence-corrected chi connectivity index (χ4v) is 2.35. The van der Waals surface area contributed by atoms with E-state index in [9.17, 15) is 26.7 Å². The molecule has 132 valence electrons. The molecule has 2 nitrogen and oxygen atoms in total. The Bertz CT molecular complexity index is 958. The SMILES string of the molecule is O=C(Oc1ccccc1-c1ccccc1)c1c(F)c(F)c(F)c(F)c1F. The lowest BCUT2D eigenvalue weighted by Crippen LogP contribution is -2.17. The maximum Gasteiger partial charge on any atom is 0.349 e. The number of para-hydroxylation sites is 1. The van der Waals surface area contributed by atoms with Gasteiger partial charge in [-0.2, -0.15) is 0 Å². The third-order valence-corrected chi connectivity index (χ3v) is 3.59. The van der Waals surface area contributed by atoms with Gasteiger partial charge in [-0.3, -0.25) is 0 Å². The molecule has 3 rings (SSSR count). The molecule has 0 N–H and O–H groups in total. The van der Waals surface area contributed by atoms with E-state index in [2.05, 4.69) is 0 Å². The van der Waals surface area contributed by atoms with Crippen molar-refractivity contribution >= 4 is 5.97 Å². The van der Waals surface area contributed by atoms with Crippen LogP contribution < -0.4 is 4.74 Å². The number of carbonyl (C=O) groups is 1. The molecule has 0 radical (unpaired) electrons. The minimum atomic E-state index is -2.35. The predicted octanol–water partition coefficient (Wildman–Crippen LogP) is 5.27.